The molecule has 1 aromatic rings. The molecule has 1 fully saturated rings. The Labute approximate surface area is 97.9 Å². The average molecular weight is 216 g/mol. The van der Waals surface area contributed by atoms with Crippen molar-refractivity contribution in [2.45, 2.75) is 45.4 Å². The van der Waals surface area contributed by atoms with E-state index in [1.807, 2.05) is 0 Å². The zero-order valence-electron chi connectivity index (χ0n) is 10.2. The number of aryl methyl sites for hydroxylation is 1. The molecule has 1 aliphatic rings. The van der Waals surface area contributed by atoms with Gasteiger partial charge in [-0.25, -0.2) is 0 Å². The lowest BCUT2D eigenvalue weighted by atomic mass is 9.89. The second-order valence-electron chi connectivity index (χ2n) is 4.89. The van der Waals surface area contributed by atoms with E-state index in [1.54, 1.807) is 0 Å². The van der Waals surface area contributed by atoms with Crippen LogP contribution >= 0.6 is 0 Å². The van der Waals surface area contributed by atoms with E-state index in [9.17, 15) is 4.79 Å². The summed E-state index contributed by atoms with van der Waals surface area (Å²) in [5, 5.41) is 0. The molecule has 0 aromatic heterocycles. The molecule has 1 heteroatoms. The van der Waals surface area contributed by atoms with Crippen LogP contribution in [0.5, 0.6) is 0 Å². The van der Waals surface area contributed by atoms with Crippen LogP contribution in [0.4, 0.5) is 0 Å². The van der Waals surface area contributed by atoms with Gasteiger partial charge in [-0.15, -0.1) is 0 Å². The first-order valence-electron chi connectivity index (χ1n) is 6.34. The van der Waals surface area contributed by atoms with Gasteiger partial charge in [0.2, 0.25) is 0 Å². The molecule has 1 aliphatic carbocycles. The average Bonchev–Trinajstić information content (AvgIpc) is 2.62. The minimum Gasteiger partial charge on any atom is -0.299 e. The maximum atomic E-state index is 11.5. The predicted octanol–water partition coefficient (Wildman–Crippen LogP) is 3.72. The van der Waals surface area contributed by atoms with Gasteiger partial charge in [0.15, 0.2) is 0 Å². The van der Waals surface area contributed by atoms with E-state index in [2.05, 4.69) is 38.1 Å². The van der Waals surface area contributed by atoms with E-state index in [-0.39, 0.29) is 5.92 Å². The van der Waals surface area contributed by atoms with E-state index >= 15 is 0 Å². The monoisotopic (exact) mass is 216 g/mol. The lowest BCUT2D eigenvalue weighted by Gasteiger charge is -2.14. The Morgan fingerprint density at radius 3 is 2.44 bits per heavy atom. The highest BCUT2D eigenvalue weighted by molar-refractivity contribution is 5.84. The normalized spacial score (nSPS) is 25.0. The molecule has 0 heterocycles. The van der Waals surface area contributed by atoms with Gasteiger partial charge in [-0.1, -0.05) is 44.5 Å². The molecule has 0 spiro atoms. The van der Waals surface area contributed by atoms with E-state index < -0.39 is 0 Å². The fourth-order valence-electron chi connectivity index (χ4n) is 2.68. The second kappa shape index (κ2) is 4.82. The third-order valence-electron chi connectivity index (χ3n) is 3.76. The van der Waals surface area contributed by atoms with Crippen LogP contribution < -0.4 is 0 Å². The minimum absolute atomic E-state index is 0.219. The third-order valence-corrected chi connectivity index (χ3v) is 3.76. The van der Waals surface area contributed by atoms with E-state index in [0.717, 1.165) is 19.3 Å². The number of benzene rings is 1. The van der Waals surface area contributed by atoms with Crippen molar-refractivity contribution in [2.75, 3.05) is 0 Å². The Hall–Kier alpha value is -1.11. The number of hydrogen-bond donors (Lipinski definition) is 0. The number of rotatable bonds is 3. The fourth-order valence-corrected chi connectivity index (χ4v) is 2.68. The van der Waals surface area contributed by atoms with Gasteiger partial charge in [0.25, 0.3) is 0 Å². The maximum absolute atomic E-state index is 11.5. The van der Waals surface area contributed by atoms with E-state index in [4.69, 9.17) is 0 Å². The van der Waals surface area contributed by atoms with E-state index in [0.29, 0.717) is 11.7 Å². The van der Waals surface area contributed by atoms with Crippen LogP contribution in [-0.2, 0) is 11.2 Å². The van der Waals surface area contributed by atoms with Gasteiger partial charge in [-0.2, -0.15) is 0 Å². The lowest BCUT2D eigenvalue weighted by molar-refractivity contribution is -0.120. The molecule has 86 valence electrons. The molecule has 2 rings (SSSR count). The molecule has 0 radical (unpaired) electrons. The summed E-state index contributed by atoms with van der Waals surface area (Å²) in [5.41, 5.74) is 2.75. The summed E-state index contributed by atoms with van der Waals surface area (Å²) in [6, 6.07) is 8.86. The van der Waals surface area contributed by atoms with Crippen LogP contribution in [0, 0.1) is 5.92 Å². The van der Waals surface area contributed by atoms with Crippen molar-refractivity contribution in [1.29, 1.82) is 0 Å². The number of hydrogen-bond acceptors (Lipinski definition) is 1. The second-order valence-corrected chi connectivity index (χ2v) is 4.89. The van der Waals surface area contributed by atoms with Gasteiger partial charge < -0.3 is 0 Å². The first-order valence-corrected chi connectivity index (χ1v) is 6.34. The van der Waals surface area contributed by atoms with Crippen molar-refractivity contribution in [1.82, 2.24) is 0 Å². The summed E-state index contributed by atoms with van der Waals surface area (Å²) >= 11 is 0. The van der Waals surface area contributed by atoms with Crippen molar-refractivity contribution >= 4 is 5.78 Å². The molecule has 16 heavy (non-hydrogen) atoms. The minimum atomic E-state index is 0.219. The summed E-state index contributed by atoms with van der Waals surface area (Å²) < 4.78 is 0. The summed E-state index contributed by atoms with van der Waals surface area (Å²) in [5.74, 6) is 1.11. The van der Waals surface area contributed by atoms with Gasteiger partial charge in [0.1, 0.15) is 5.78 Å². The standard InChI is InChI=1S/C15H20O/c1-3-4-12-5-7-13(8-6-12)14-9-10-15(16)11(14)2/h5-8,11,14H,3-4,9-10H2,1-2H3. The fraction of sp³-hybridized carbons (Fsp3) is 0.533. The first-order chi connectivity index (χ1) is 7.72. The molecule has 0 amide bonds. The molecule has 1 nitrogen and oxygen atoms in total. The highest BCUT2D eigenvalue weighted by Gasteiger charge is 2.31. The zero-order chi connectivity index (χ0) is 11.5. The van der Waals surface area contributed by atoms with Gasteiger partial charge in [-0.05, 0) is 29.9 Å². The largest absolute Gasteiger partial charge is 0.299 e. The lowest BCUT2D eigenvalue weighted by Crippen LogP contribution is -2.08. The molecule has 2 atom stereocenters. The third kappa shape index (κ3) is 2.18. The van der Waals surface area contributed by atoms with Crippen LogP contribution in [-0.4, -0.2) is 5.78 Å². The molecular formula is C15H20O. The smallest absolute Gasteiger partial charge is 0.136 e. The van der Waals surface area contributed by atoms with Gasteiger partial charge in [0, 0.05) is 12.3 Å². The maximum Gasteiger partial charge on any atom is 0.136 e. The number of ketones is 1. The first kappa shape index (κ1) is 11.4. The van der Waals surface area contributed by atoms with Crippen molar-refractivity contribution < 1.29 is 4.79 Å². The predicted molar refractivity (Wildman–Crippen MR) is 66.6 cm³/mol. The van der Waals surface area contributed by atoms with Crippen molar-refractivity contribution in [2.24, 2.45) is 5.92 Å². The summed E-state index contributed by atoms with van der Waals surface area (Å²) in [6.07, 6.45) is 4.15. The SMILES string of the molecule is CCCc1ccc(C2CCC(=O)C2C)cc1. The number of carbonyl (C=O) groups is 1. The molecule has 1 saturated carbocycles. The molecule has 0 N–H and O–H groups in total. The van der Waals surface area contributed by atoms with Crippen molar-refractivity contribution in [3.05, 3.63) is 35.4 Å². The molecule has 0 aliphatic heterocycles. The number of Topliss-reactive ketones (excluding diaryl/α,β-unsaturated/α-hetero) is 1. The van der Waals surface area contributed by atoms with Crippen LogP contribution in [0.3, 0.4) is 0 Å². The van der Waals surface area contributed by atoms with Gasteiger partial charge in [0.05, 0.1) is 0 Å². The number of carbonyl (C=O) groups excluding carboxylic acids is 1. The summed E-state index contributed by atoms with van der Waals surface area (Å²) in [7, 11) is 0. The Morgan fingerprint density at radius 2 is 1.94 bits per heavy atom. The Bertz CT molecular complexity index is 364. The topological polar surface area (TPSA) is 17.1 Å². The molecular weight excluding hydrogens is 196 g/mol. The Morgan fingerprint density at radius 1 is 1.25 bits per heavy atom. The quantitative estimate of drug-likeness (QED) is 0.752. The van der Waals surface area contributed by atoms with Gasteiger partial charge in [-0.3, -0.25) is 4.79 Å². The Balaban J connectivity index is 2.13. The van der Waals surface area contributed by atoms with Crippen molar-refractivity contribution in [3.8, 4) is 0 Å². The van der Waals surface area contributed by atoms with Crippen LogP contribution in [0.25, 0.3) is 0 Å². The zero-order valence-corrected chi connectivity index (χ0v) is 10.2. The Kier molecular flexibility index (Phi) is 3.42. The molecule has 2 unspecified atom stereocenters. The highest BCUT2D eigenvalue weighted by atomic mass is 16.1. The van der Waals surface area contributed by atoms with Crippen molar-refractivity contribution in [3.63, 3.8) is 0 Å². The summed E-state index contributed by atoms with van der Waals surface area (Å²) in [6.45, 7) is 4.27. The molecule has 0 bridgehead atoms. The van der Waals surface area contributed by atoms with Crippen LogP contribution in [0.2, 0.25) is 0 Å². The van der Waals surface area contributed by atoms with Crippen LogP contribution in [0.1, 0.15) is 50.2 Å². The summed E-state index contributed by atoms with van der Waals surface area (Å²) in [4.78, 5) is 11.5. The highest BCUT2D eigenvalue weighted by Crippen LogP contribution is 2.36. The molecule has 1 aromatic carbocycles. The van der Waals surface area contributed by atoms with Crippen LogP contribution in [0.15, 0.2) is 24.3 Å². The van der Waals surface area contributed by atoms with Gasteiger partial charge >= 0.3 is 0 Å². The van der Waals surface area contributed by atoms with E-state index in [1.165, 1.54) is 17.5 Å². The molecule has 0 saturated heterocycles.